The van der Waals surface area contributed by atoms with E-state index in [2.05, 4.69) is 46.0 Å². The molecule has 0 aromatic carbocycles. The molecule has 2 aromatic rings. The van der Waals surface area contributed by atoms with Crippen LogP contribution in [0.4, 0.5) is 0 Å². The third-order valence-electron chi connectivity index (χ3n) is 3.04. The third kappa shape index (κ3) is 1.83. The lowest BCUT2D eigenvalue weighted by atomic mass is 10.2. The van der Waals surface area contributed by atoms with Gasteiger partial charge in [-0.15, -0.1) is 5.73 Å². The van der Waals surface area contributed by atoms with Gasteiger partial charge in [0.1, 0.15) is 24.8 Å². The van der Waals surface area contributed by atoms with Crippen molar-refractivity contribution < 1.29 is 9.13 Å². The van der Waals surface area contributed by atoms with Gasteiger partial charge < -0.3 is 0 Å². The fourth-order valence-electron chi connectivity index (χ4n) is 2.21. The van der Waals surface area contributed by atoms with Gasteiger partial charge in [-0.3, -0.25) is 0 Å². The summed E-state index contributed by atoms with van der Waals surface area (Å²) in [5.41, 5.74) is 4.45. The molecule has 4 nitrogen and oxygen atoms in total. The van der Waals surface area contributed by atoms with Gasteiger partial charge in [0.2, 0.25) is 12.7 Å². The molecule has 0 saturated heterocycles. The number of hydrogen-bond acceptors (Lipinski definition) is 0. The van der Waals surface area contributed by atoms with Gasteiger partial charge in [0, 0.05) is 0 Å². The van der Waals surface area contributed by atoms with Crippen LogP contribution in [-0.2, 0) is 14.1 Å². The van der Waals surface area contributed by atoms with Crippen molar-refractivity contribution in [2.75, 3.05) is 0 Å². The van der Waals surface area contributed by atoms with Crippen LogP contribution in [0.5, 0.6) is 0 Å². The van der Waals surface area contributed by atoms with Gasteiger partial charge in [0.25, 0.3) is 6.17 Å². The summed E-state index contributed by atoms with van der Waals surface area (Å²) in [6.07, 6.45) is 18.6. The summed E-state index contributed by atoms with van der Waals surface area (Å²) < 4.78 is 8.43. The van der Waals surface area contributed by atoms with Crippen LogP contribution in [0.2, 0.25) is 0 Å². The Morgan fingerprint density at radius 1 is 1.06 bits per heavy atom. The van der Waals surface area contributed by atoms with Crippen LogP contribution in [0.15, 0.2) is 67.0 Å². The normalized spacial score (nSPS) is 13.6. The van der Waals surface area contributed by atoms with E-state index >= 15 is 0 Å². The molecule has 0 fully saturated rings. The Bertz CT molecular complexity index is 625. The number of rotatable bonds is 3. The molecule has 0 saturated carbocycles. The number of hydrogen-bond donors (Lipinski definition) is 0. The van der Waals surface area contributed by atoms with Crippen molar-refractivity contribution in [3.8, 4) is 0 Å². The SMILES string of the molecule is C[n+]1ccn(C(C2=C=CC=C2)n2cc[n+](C)c2)c1. The fraction of sp³-hybridized carbons (Fsp3) is 0.214. The van der Waals surface area contributed by atoms with Gasteiger partial charge in [-0.05, 0) is 12.2 Å². The van der Waals surface area contributed by atoms with E-state index in [9.17, 15) is 0 Å². The van der Waals surface area contributed by atoms with E-state index in [4.69, 9.17) is 0 Å². The number of nitrogens with zero attached hydrogens (tertiary/aromatic N) is 4. The first-order chi connectivity index (χ1) is 8.74. The molecule has 18 heavy (non-hydrogen) atoms. The van der Waals surface area contributed by atoms with Gasteiger partial charge in [0.05, 0.1) is 19.7 Å². The van der Waals surface area contributed by atoms with E-state index in [1.54, 1.807) is 0 Å². The van der Waals surface area contributed by atoms with Gasteiger partial charge in [0.15, 0.2) is 0 Å². The standard InChI is InChI=1S/C14H16N4/c1-15-7-9-17(11-15)14(13-5-3-4-6-13)18-10-8-16(2)12-18/h3-5,7-12,14H,1-2H3/q+2. The lowest BCUT2D eigenvalue weighted by molar-refractivity contribution is -0.672. The number of aromatic nitrogens is 4. The zero-order chi connectivity index (χ0) is 12.5. The molecule has 1 aliphatic rings. The minimum atomic E-state index is 0.113. The summed E-state index contributed by atoms with van der Waals surface area (Å²) in [6, 6.07) is 0. The Morgan fingerprint density at radius 2 is 1.67 bits per heavy atom. The second kappa shape index (κ2) is 4.17. The van der Waals surface area contributed by atoms with Crippen molar-refractivity contribution in [1.82, 2.24) is 9.13 Å². The quantitative estimate of drug-likeness (QED) is 0.553. The molecule has 0 bridgehead atoms. The first-order valence-electron chi connectivity index (χ1n) is 5.93. The summed E-state index contributed by atoms with van der Waals surface area (Å²) in [5.74, 6) is 0. The first kappa shape index (κ1) is 10.8. The zero-order valence-electron chi connectivity index (χ0n) is 10.6. The van der Waals surface area contributed by atoms with Crippen LogP contribution in [0.3, 0.4) is 0 Å². The maximum atomic E-state index is 3.29. The smallest absolute Gasteiger partial charge is 0.239 e. The Balaban J connectivity index is 2.09. The van der Waals surface area contributed by atoms with Crippen molar-refractivity contribution in [3.63, 3.8) is 0 Å². The molecule has 0 unspecified atom stereocenters. The van der Waals surface area contributed by atoms with E-state index in [-0.39, 0.29) is 6.17 Å². The summed E-state index contributed by atoms with van der Waals surface area (Å²) in [5, 5.41) is 0. The van der Waals surface area contributed by atoms with Crippen LogP contribution in [0.1, 0.15) is 6.17 Å². The van der Waals surface area contributed by atoms with Crippen LogP contribution in [-0.4, -0.2) is 9.13 Å². The van der Waals surface area contributed by atoms with Crippen molar-refractivity contribution in [1.29, 1.82) is 0 Å². The van der Waals surface area contributed by atoms with E-state index in [1.165, 1.54) is 0 Å². The number of imidazole rings is 2. The summed E-state index contributed by atoms with van der Waals surface area (Å²) in [6.45, 7) is 0. The van der Waals surface area contributed by atoms with E-state index in [0.717, 1.165) is 5.57 Å². The molecule has 0 spiro atoms. The average molecular weight is 240 g/mol. The Kier molecular flexibility index (Phi) is 2.50. The maximum Gasteiger partial charge on any atom is 0.276 e. The van der Waals surface area contributed by atoms with E-state index in [0.29, 0.717) is 0 Å². The third-order valence-corrected chi connectivity index (χ3v) is 3.04. The topological polar surface area (TPSA) is 17.6 Å². The molecular weight excluding hydrogens is 224 g/mol. The van der Waals surface area contributed by atoms with Gasteiger partial charge in [-0.1, -0.05) is 6.08 Å². The lowest BCUT2D eigenvalue weighted by Gasteiger charge is -2.09. The highest BCUT2D eigenvalue weighted by atomic mass is 15.3. The molecule has 1 aliphatic carbocycles. The Hall–Kier alpha value is -2.32. The van der Waals surface area contributed by atoms with Gasteiger partial charge in [-0.2, -0.15) is 9.13 Å². The monoisotopic (exact) mass is 240 g/mol. The molecular formula is C14H16N4+2. The minimum Gasteiger partial charge on any atom is -0.239 e. The van der Waals surface area contributed by atoms with E-state index in [1.807, 2.05) is 47.8 Å². The predicted molar refractivity (Wildman–Crippen MR) is 66.4 cm³/mol. The van der Waals surface area contributed by atoms with Crippen molar-refractivity contribution in [2.24, 2.45) is 14.1 Å². The maximum absolute atomic E-state index is 3.29. The predicted octanol–water partition coefficient (Wildman–Crippen LogP) is 0.637. The highest BCUT2D eigenvalue weighted by molar-refractivity contribution is 5.32. The van der Waals surface area contributed by atoms with Gasteiger partial charge in [-0.25, -0.2) is 9.13 Å². The summed E-state index contributed by atoms with van der Waals surface area (Å²) in [4.78, 5) is 0. The highest BCUT2D eigenvalue weighted by Crippen LogP contribution is 2.21. The van der Waals surface area contributed by atoms with Crippen LogP contribution in [0, 0.1) is 0 Å². The Morgan fingerprint density at radius 3 is 2.06 bits per heavy atom. The van der Waals surface area contributed by atoms with E-state index < -0.39 is 0 Å². The van der Waals surface area contributed by atoms with Gasteiger partial charge >= 0.3 is 0 Å². The highest BCUT2D eigenvalue weighted by Gasteiger charge is 2.27. The molecule has 3 rings (SSSR count). The van der Waals surface area contributed by atoms with Crippen LogP contribution < -0.4 is 9.13 Å². The summed E-state index contributed by atoms with van der Waals surface area (Å²) >= 11 is 0. The zero-order valence-corrected chi connectivity index (χ0v) is 10.6. The minimum absolute atomic E-state index is 0.113. The Labute approximate surface area is 106 Å². The number of aryl methyl sites for hydroxylation is 2. The average Bonchev–Trinajstić information content (AvgIpc) is 3.04. The lowest BCUT2D eigenvalue weighted by Crippen LogP contribution is -2.27. The molecule has 0 aliphatic heterocycles. The second-order valence-corrected chi connectivity index (χ2v) is 4.55. The molecule has 0 atom stereocenters. The van der Waals surface area contributed by atoms with Crippen LogP contribution in [0.25, 0.3) is 0 Å². The largest absolute Gasteiger partial charge is 0.276 e. The molecule has 2 aromatic heterocycles. The van der Waals surface area contributed by atoms with Crippen molar-refractivity contribution >= 4 is 0 Å². The molecule has 2 heterocycles. The van der Waals surface area contributed by atoms with Crippen molar-refractivity contribution in [2.45, 2.75) is 6.17 Å². The second-order valence-electron chi connectivity index (χ2n) is 4.55. The fourth-order valence-corrected chi connectivity index (χ4v) is 2.21. The first-order valence-corrected chi connectivity index (χ1v) is 5.93. The summed E-state index contributed by atoms with van der Waals surface area (Å²) in [7, 11) is 4.05. The van der Waals surface area contributed by atoms with Crippen LogP contribution >= 0.6 is 0 Å². The molecule has 0 radical (unpaired) electrons. The molecule has 4 heteroatoms. The number of allylic oxidation sites excluding steroid dienone is 3. The molecule has 0 N–H and O–H groups in total. The van der Waals surface area contributed by atoms with Crippen molar-refractivity contribution in [3.05, 3.63) is 67.0 Å². The molecule has 0 amide bonds. The molecule has 90 valence electrons.